The molecule has 164 valence electrons. The van der Waals surface area contributed by atoms with Crippen molar-refractivity contribution in [3.63, 3.8) is 0 Å². The van der Waals surface area contributed by atoms with E-state index in [1.54, 1.807) is 39.0 Å². The first kappa shape index (κ1) is 22.6. The SMILES string of the molecule is CC[C@H](NC(=O)OC(C)(C)C)c1nc2cccc(Cl)c2c(=O)n1Nc1ccc(F)cc1. The Hall–Kier alpha value is -3.13. The smallest absolute Gasteiger partial charge is 0.408 e. The molecule has 0 fully saturated rings. The molecule has 0 aliphatic heterocycles. The number of aromatic nitrogens is 2. The van der Waals surface area contributed by atoms with Crippen LogP contribution in [0.1, 0.15) is 46.0 Å². The average molecular weight is 447 g/mol. The van der Waals surface area contributed by atoms with E-state index in [2.05, 4.69) is 15.7 Å². The van der Waals surface area contributed by atoms with Crippen LogP contribution in [0.15, 0.2) is 47.3 Å². The number of alkyl carbamates (subject to hydrolysis) is 1. The number of nitrogens with zero attached hydrogens (tertiary/aromatic N) is 2. The fraction of sp³-hybridized carbons (Fsp3) is 0.318. The summed E-state index contributed by atoms with van der Waals surface area (Å²) in [7, 11) is 0. The molecule has 1 amide bonds. The largest absolute Gasteiger partial charge is 0.444 e. The molecule has 1 atom stereocenters. The Morgan fingerprint density at radius 2 is 1.90 bits per heavy atom. The van der Waals surface area contributed by atoms with E-state index in [-0.39, 0.29) is 16.2 Å². The van der Waals surface area contributed by atoms with Gasteiger partial charge in [0.15, 0.2) is 5.82 Å². The Kier molecular flexibility index (Phi) is 6.50. The molecule has 3 rings (SSSR count). The van der Waals surface area contributed by atoms with Crippen LogP contribution in [0.5, 0.6) is 0 Å². The third kappa shape index (κ3) is 5.32. The second-order valence-electron chi connectivity index (χ2n) is 7.97. The minimum absolute atomic E-state index is 0.231. The molecule has 3 aromatic rings. The van der Waals surface area contributed by atoms with Crippen molar-refractivity contribution in [2.24, 2.45) is 0 Å². The van der Waals surface area contributed by atoms with Crippen LogP contribution >= 0.6 is 11.6 Å². The Morgan fingerprint density at radius 3 is 2.52 bits per heavy atom. The van der Waals surface area contributed by atoms with E-state index in [0.717, 1.165) is 0 Å². The molecule has 2 aromatic carbocycles. The molecule has 1 aromatic heterocycles. The van der Waals surface area contributed by atoms with Gasteiger partial charge in [0, 0.05) is 0 Å². The van der Waals surface area contributed by atoms with Crippen molar-refractivity contribution >= 4 is 34.3 Å². The molecular weight excluding hydrogens is 423 g/mol. The molecule has 0 aliphatic rings. The van der Waals surface area contributed by atoms with Crippen molar-refractivity contribution in [3.8, 4) is 0 Å². The maximum Gasteiger partial charge on any atom is 0.408 e. The van der Waals surface area contributed by atoms with Gasteiger partial charge in [-0.1, -0.05) is 24.6 Å². The maximum absolute atomic E-state index is 13.3. The van der Waals surface area contributed by atoms with Gasteiger partial charge in [-0.05, 0) is 63.6 Å². The quantitative estimate of drug-likeness (QED) is 0.573. The molecule has 31 heavy (non-hydrogen) atoms. The summed E-state index contributed by atoms with van der Waals surface area (Å²) in [5, 5.41) is 3.25. The van der Waals surface area contributed by atoms with Gasteiger partial charge in [-0.25, -0.2) is 18.8 Å². The molecule has 0 bridgehead atoms. The van der Waals surface area contributed by atoms with Gasteiger partial charge < -0.3 is 10.1 Å². The lowest BCUT2D eigenvalue weighted by molar-refractivity contribution is 0.0499. The summed E-state index contributed by atoms with van der Waals surface area (Å²) >= 11 is 6.26. The highest BCUT2D eigenvalue weighted by Crippen LogP contribution is 2.23. The van der Waals surface area contributed by atoms with Crippen LogP contribution in [-0.2, 0) is 4.74 Å². The van der Waals surface area contributed by atoms with E-state index in [1.807, 2.05) is 6.92 Å². The van der Waals surface area contributed by atoms with Crippen LogP contribution in [0.4, 0.5) is 14.9 Å². The molecule has 0 saturated heterocycles. The van der Waals surface area contributed by atoms with Crippen molar-refractivity contribution in [3.05, 3.63) is 69.5 Å². The lowest BCUT2D eigenvalue weighted by Crippen LogP contribution is -2.39. The van der Waals surface area contributed by atoms with Crippen LogP contribution in [0.25, 0.3) is 10.9 Å². The Balaban J connectivity index is 2.12. The van der Waals surface area contributed by atoms with Crippen molar-refractivity contribution in [2.75, 3.05) is 5.43 Å². The number of hydrogen-bond donors (Lipinski definition) is 2. The van der Waals surface area contributed by atoms with Crippen molar-refractivity contribution in [1.82, 2.24) is 15.0 Å². The molecule has 0 saturated carbocycles. The van der Waals surface area contributed by atoms with Gasteiger partial charge in [-0.3, -0.25) is 10.2 Å². The number of fused-ring (bicyclic) bond motifs is 1. The van der Waals surface area contributed by atoms with Crippen LogP contribution in [-0.4, -0.2) is 21.4 Å². The molecule has 2 N–H and O–H groups in total. The lowest BCUT2D eigenvalue weighted by Gasteiger charge is -2.25. The summed E-state index contributed by atoms with van der Waals surface area (Å²) in [6.45, 7) is 7.13. The molecule has 7 nitrogen and oxygen atoms in total. The summed E-state index contributed by atoms with van der Waals surface area (Å²) in [5.41, 5.74) is 2.68. The van der Waals surface area contributed by atoms with E-state index in [1.165, 1.54) is 28.9 Å². The first-order valence-corrected chi connectivity index (χ1v) is 10.2. The standard InChI is InChI=1S/C22H24ClFN4O3/c1-5-16(26-21(30)31-22(2,3)4)19-25-17-8-6-7-15(23)18(17)20(29)28(19)27-14-11-9-13(24)10-12-14/h6-12,16,27H,5H2,1-4H3,(H,26,30)/t16-/m0/s1. The highest BCUT2D eigenvalue weighted by atomic mass is 35.5. The third-order valence-electron chi connectivity index (χ3n) is 4.37. The molecule has 0 aliphatic carbocycles. The molecular formula is C22H24ClFN4O3. The molecule has 0 spiro atoms. The molecule has 0 radical (unpaired) electrons. The summed E-state index contributed by atoms with van der Waals surface area (Å²) in [5.74, 6) is -0.145. The van der Waals surface area contributed by atoms with Crippen molar-refractivity contribution < 1.29 is 13.9 Å². The van der Waals surface area contributed by atoms with E-state index in [4.69, 9.17) is 16.3 Å². The van der Waals surface area contributed by atoms with E-state index >= 15 is 0 Å². The number of ether oxygens (including phenoxy) is 1. The lowest BCUT2D eigenvalue weighted by atomic mass is 10.2. The number of carbonyl (C=O) groups excluding carboxylic acids is 1. The van der Waals surface area contributed by atoms with Gasteiger partial charge in [0.05, 0.1) is 27.7 Å². The zero-order valence-electron chi connectivity index (χ0n) is 17.7. The highest BCUT2D eigenvalue weighted by molar-refractivity contribution is 6.35. The highest BCUT2D eigenvalue weighted by Gasteiger charge is 2.24. The molecule has 9 heteroatoms. The zero-order valence-corrected chi connectivity index (χ0v) is 18.5. The summed E-state index contributed by atoms with van der Waals surface area (Å²) in [4.78, 5) is 30.3. The topological polar surface area (TPSA) is 85.2 Å². The van der Waals surface area contributed by atoms with Crippen LogP contribution < -0.4 is 16.3 Å². The summed E-state index contributed by atoms with van der Waals surface area (Å²) < 4.78 is 19.9. The maximum atomic E-state index is 13.3. The number of rotatable bonds is 5. The van der Waals surface area contributed by atoms with Crippen molar-refractivity contribution in [2.45, 2.75) is 45.8 Å². The minimum Gasteiger partial charge on any atom is -0.444 e. The van der Waals surface area contributed by atoms with E-state index < -0.39 is 29.1 Å². The number of halogens is 2. The van der Waals surface area contributed by atoms with Crippen LogP contribution in [0, 0.1) is 5.82 Å². The van der Waals surface area contributed by atoms with Gasteiger partial charge in [0.1, 0.15) is 11.4 Å². The van der Waals surface area contributed by atoms with E-state index in [0.29, 0.717) is 17.6 Å². The summed E-state index contributed by atoms with van der Waals surface area (Å²) in [6.07, 6.45) is -0.198. The number of amides is 1. The number of anilines is 1. The minimum atomic E-state index is -0.682. The number of nitrogens with one attached hydrogen (secondary N) is 2. The number of carbonyl (C=O) groups is 1. The summed E-state index contributed by atoms with van der Waals surface area (Å²) in [6, 6.07) is 9.85. The van der Waals surface area contributed by atoms with Gasteiger partial charge in [0.2, 0.25) is 0 Å². The van der Waals surface area contributed by atoms with Gasteiger partial charge in [-0.15, -0.1) is 0 Å². The predicted octanol–water partition coefficient (Wildman–Crippen LogP) is 5.04. The van der Waals surface area contributed by atoms with Crippen LogP contribution in [0.2, 0.25) is 5.02 Å². The van der Waals surface area contributed by atoms with Crippen molar-refractivity contribution in [1.29, 1.82) is 0 Å². The number of hydrogen-bond acceptors (Lipinski definition) is 5. The first-order chi connectivity index (χ1) is 14.6. The second-order valence-corrected chi connectivity index (χ2v) is 8.38. The van der Waals surface area contributed by atoms with Gasteiger partial charge >= 0.3 is 6.09 Å². The Bertz CT molecular complexity index is 1160. The molecule has 1 heterocycles. The average Bonchev–Trinajstić information content (AvgIpc) is 2.68. The van der Waals surface area contributed by atoms with Crippen LogP contribution in [0.3, 0.4) is 0 Å². The fourth-order valence-electron chi connectivity index (χ4n) is 3.00. The Morgan fingerprint density at radius 1 is 1.23 bits per heavy atom. The third-order valence-corrected chi connectivity index (χ3v) is 4.68. The second kappa shape index (κ2) is 8.93. The van der Waals surface area contributed by atoms with Gasteiger partial charge in [-0.2, -0.15) is 0 Å². The molecule has 0 unspecified atom stereocenters. The monoisotopic (exact) mass is 446 g/mol. The zero-order chi connectivity index (χ0) is 22.8. The Labute approximate surface area is 184 Å². The number of benzene rings is 2. The predicted molar refractivity (Wildman–Crippen MR) is 119 cm³/mol. The van der Waals surface area contributed by atoms with Gasteiger partial charge in [0.25, 0.3) is 5.56 Å². The van der Waals surface area contributed by atoms with E-state index in [9.17, 15) is 14.0 Å². The first-order valence-electron chi connectivity index (χ1n) is 9.82. The normalized spacial score (nSPS) is 12.5. The fourth-order valence-corrected chi connectivity index (χ4v) is 3.25.